The van der Waals surface area contributed by atoms with E-state index in [0.717, 1.165) is 49.1 Å². The standard InChI is InChI=1S/C34H43ClN2O5S/c1-22-6-4-15-34(40,20-38)29-11-8-26(29)18-37-19-33(14-5-7-24-16-27(35)10-12-28(24)33)21-42-31-13-9-25(17-30(31)37)32(39)36-43(3,41)23(22)2/h9-10,12-13,16-17,20,22-23,26,29,40H,3-8,11,14-15,18-19,21H2,1-2H3,(H,36,39,41)/t22-,23+,26-,29+,33-,34-,43?/m0/s1. The van der Waals surface area contributed by atoms with Crippen molar-refractivity contribution in [2.45, 2.75) is 81.5 Å². The molecule has 2 bridgehead atoms. The highest BCUT2D eigenvalue weighted by Crippen LogP contribution is 2.48. The summed E-state index contributed by atoms with van der Waals surface area (Å²) < 4.78 is 23.0. The zero-order valence-corrected chi connectivity index (χ0v) is 26.7. The Kier molecular flexibility index (Phi) is 8.10. The summed E-state index contributed by atoms with van der Waals surface area (Å²) >= 11 is 6.40. The van der Waals surface area contributed by atoms with Crippen molar-refractivity contribution in [2.75, 3.05) is 24.6 Å². The van der Waals surface area contributed by atoms with Crippen LogP contribution in [0.2, 0.25) is 5.02 Å². The van der Waals surface area contributed by atoms with E-state index in [9.17, 15) is 18.9 Å². The van der Waals surface area contributed by atoms with Crippen molar-refractivity contribution >= 4 is 45.1 Å². The van der Waals surface area contributed by atoms with E-state index in [-0.39, 0.29) is 28.4 Å². The van der Waals surface area contributed by atoms with Crippen molar-refractivity contribution in [3.8, 4) is 5.75 Å². The third kappa shape index (κ3) is 5.59. The molecule has 2 aliphatic carbocycles. The highest BCUT2D eigenvalue weighted by molar-refractivity contribution is 7.99. The van der Waals surface area contributed by atoms with Gasteiger partial charge < -0.3 is 19.5 Å². The number of rotatable bonds is 1. The second kappa shape index (κ2) is 11.4. The van der Waals surface area contributed by atoms with E-state index in [1.807, 2.05) is 32.0 Å². The number of benzene rings is 2. The molecule has 2 aromatic rings. The van der Waals surface area contributed by atoms with E-state index < -0.39 is 21.2 Å². The number of carbonyl (C=O) groups is 2. The number of carbonyl (C=O) groups excluding carboxylic acids is 2. The highest BCUT2D eigenvalue weighted by Gasteiger charge is 2.49. The molecule has 1 amide bonds. The van der Waals surface area contributed by atoms with Gasteiger partial charge in [-0.15, -0.1) is 0 Å². The highest BCUT2D eigenvalue weighted by atomic mass is 35.5. The SMILES string of the molecule is C=S1(=O)NC(=O)c2ccc3c(c2)N(C[C@@H]2CC[C@H]2[C@@](O)(C=O)CCC[C@H](C)[C@H]1C)C[C@@]1(CCCc2cc(Cl)ccc21)CO3. The van der Waals surface area contributed by atoms with Crippen LogP contribution < -0.4 is 14.4 Å². The van der Waals surface area contributed by atoms with Gasteiger partial charge in [0.1, 0.15) is 11.4 Å². The minimum atomic E-state index is -2.97. The van der Waals surface area contributed by atoms with Crippen molar-refractivity contribution in [1.29, 1.82) is 0 Å². The molecule has 0 saturated heterocycles. The molecule has 43 heavy (non-hydrogen) atoms. The van der Waals surface area contributed by atoms with Crippen LogP contribution in [0.3, 0.4) is 0 Å². The Morgan fingerprint density at radius 1 is 1.14 bits per heavy atom. The Morgan fingerprint density at radius 3 is 2.70 bits per heavy atom. The smallest absolute Gasteiger partial charge is 0.262 e. The molecule has 4 aliphatic rings. The van der Waals surface area contributed by atoms with E-state index in [4.69, 9.17) is 16.3 Å². The summed E-state index contributed by atoms with van der Waals surface area (Å²) in [5, 5.41) is 12.0. The van der Waals surface area contributed by atoms with Crippen LogP contribution >= 0.6 is 11.6 Å². The maximum Gasteiger partial charge on any atom is 0.262 e. The molecular formula is C34H43ClN2O5S. The first-order chi connectivity index (χ1) is 20.4. The van der Waals surface area contributed by atoms with Gasteiger partial charge in [0, 0.05) is 34.3 Å². The van der Waals surface area contributed by atoms with Gasteiger partial charge in [-0.25, -0.2) is 4.21 Å². The van der Waals surface area contributed by atoms with Crippen molar-refractivity contribution in [3.63, 3.8) is 0 Å². The number of anilines is 1. The van der Waals surface area contributed by atoms with Crippen LogP contribution in [0.15, 0.2) is 36.4 Å². The van der Waals surface area contributed by atoms with Crippen LogP contribution in [-0.2, 0) is 26.3 Å². The molecule has 7 nitrogen and oxygen atoms in total. The van der Waals surface area contributed by atoms with Crippen molar-refractivity contribution < 1.29 is 23.6 Å². The zero-order valence-electron chi connectivity index (χ0n) is 25.1. The molecule has 0 aromatic heterocycles. The topological polar surface area (TPSA) is 95.9 Å². The lowest BCUT2D eigenvalue weighted by Crippen LogP contribution is -2.53. The summed E-state index contributed by atoms with van der Waals surface area (Å²) in [4.78, 5) is 28.2. The first-order valence-corrected chi connectivity index (χ1v) is 17.8. The van der Waals surface area contributed by atoms with Crippen molar-refractivity contribution in [2.24, 2.45) is 17.8 Å². The van der Waals surface area contributed by atoms with Crippen molar-refractivity contribution in [3.05, 3.63) is 58.1 Å². The number of nitrogens with one attached hydrogen (secondary N) is 1. The number of aliphatic hydroxyl groups is 1. The average Bonchev–Trinajstić information content (AvgIpc) is 3.11. The van der Waals surface area contributed by atoms with Crippen LogP contribution in [0.25, 0.3) is 0 Å². The molecule has 9 heteroatoms. The monoisotopic (exact) mass is 626 g/mol. The van der Waals surface area contributed by atoms with Crippen LogP contribution in [0.5, 0.6) is 5.75 Å². The van der Waals surface area contributed by atoms with E-state index in [0.29, 0.717) is 50.3 Å². The maximum atomic E-state index is 13.7. The molecule has 7 atom stereocenters. The quantitative estimate of drug-likeness (QED) is 0.328. The molecule has 0 radical (unpaired) electrons. The third-order valence-corrected chi connectivity index (χ3v) is 13.4. The number of hydrogen-bond donors (Lipinski definition) is 2. The number of hydrogen-bond acceptors (Lipinski definition) is 6. The Hall–Kier alpha value is -2.55. The number of amides is 1. The fraction of sp³-hybridized carbons (Fsp3) is 0.559. The summed E-state index contributed by atoms with van der Waals surface area (Å²) in [5.74, 6) is 4.16. The summed E-state index contributed by atoms with van der Waals surface area (Å²) in [5.41, 5.74) is 2.01. The fourth-order valence-electron chi connectivity index (χ4n) is 7.94. The second-order valence-electron chi connectivity index (χ2n) is 13.6. The molecule has 2 aliphatic heterocycles. The summed E-state index contributed by atoms with van der Waals surface area (Å²) in [7, 11) is -2.97. The van der Waals surface area contributed by atoms with Gasteiger partial charge in [0.2, 0.25) is 0 Å². The maximum absolute atomic E-state index is 13.7. The van der Waals surface area contributed by atoms with Crippen LogP contribution in [0.1, 0.15) is 80.3 Å². The number of ether oxygens (including phenoxy) is 1. The molecule has 1 unspecified atom stereocenters. The van der Waals surface area contributed by atoms with Gasteiger partial charge in [-0.05, 0) is 123 Å². The number of aryl methyl sites for hydroxylation is 1. The average molecular weight is 627 g/mol. The normalized spacial score (nSPS) is 36.3. The zero-order chi connectivity index (χ0) is 30.6. The number of nitrogens with zero attached hydrogens (tertiary/aromatic N) is 1. The molecular weight excluding hydrogens is 584 g/mol. The van der Waals surface area contributed by atoms with E-state index in [1.54, 1.807) is 6.07 Å². The molecule has 2 heterocycles. The van der Waals surface area contributed by atoms with E-state index >= 15 is 0 Å². The van der Waals surface area contributed by atoms with Crippen molar-refractivity contribution in [1.82, 2.24) is 4.72 Å². The molecule has 6 rings (SSSR count). The van der Waals surface area contributed by atoms with Crippen LogP contribution in [0, 0.1) is 17.8 Å². The minimum Gasteiger partial charge on any atom is -0.490 e. The Morgan fingerprint density at radius 2 is 1.95 bits per heavy atom. The van der Waals surface area contributed by atoms with Gasteiger partial charge in [-0.2, -0.15) is 0 Å². The molecule has 232 valence electrons. The van der Waals surface area contributed by atoms with E-state index in [2.05, 4.69) is 27.6 Å². The first-order valence-electron chi connectivity index (χ1n) is 15.6. The lowest BCUT2D eigenvalue weighted by Gasteiger charge is -2.48. The van der Waals surface area contributed by atoms with E-state index in [1.165, 1.54) is 11.1 Å². The summed E-state index contributed by atoms with van der Waals surface area (Å²) in [6.45, 7) is 5.63. The van der Waals surface area contributed by atoms with Gasteiger partial charge in [0.05, 0.1) is 22.0 Å². The molecule has 2 N–H and O–H groups in total. The van der Waals surface area contributed by atoms with Gasteiger partial charge in [0.25, 0.3) is 5.91 Å². The fourth-order valence-corrected chi connectivity index (χ4v) is 9.64. The first kappa shape index (κ1) is 30.5. The van der Waals surface area contributed by atoms with Gasteiger partial charge >= 0.3 is 0 Å². The van der Waals surface area contributed by atoms with Gasteiger partial charge in [0.15, 0.2) is 6.29 Å². The van der Waals surface area contributed by atoms with Crippen LogP contribution in [-0.4, -0.2) is 57.9 Å². The Bertz CT molecular complexity index is 1530. The number of aldehydes is 1. The van der Waals surface area contributed by atoms with Crippen LogP contribution in [0.4, 0.5) is 5.69 Å². The predicted octanol–water partition coefficient (Wildman–Crippen LogP) is 5.34. The second-order valence-corrected chi connectivity index (χ2v) is 16.4. The van der Waals surface area contributed by atoms with Gasteiger partial charge in [-0.1, -0.05) is 24.6 Å². The third-order valence-electron chi connectivity index (χ3n) is 10.9. The minimum absolute atomic E-state index is 0.0216. The summed E-state index contributed by atoms with van der Waals surface area (Å²) in [6.07, 6.45) is 7.06. The number of halogens is 1. The lowest BCUT2D eigenvalue weighted by molar-refractivity contribution is -0.140. The molecule has 2 aromatic carbocycles. The summed E-state index contributed by atoms with van der Waals surface area (Å²) in [6, 6.07) is 11.6. The molecule has 1 spiro atoms. The largest absolute Gasteiger partial charge is 0.490 e. The molecule has 1 fully saturated rings. The Labute approximate surface area is 260 Å². The van der Waals surface area contributed by atoms with Gasteiger partial charge in [-0.3, -0.25) is 9.52 Å². The lowest BCUT2D eigenvalue weighted by atomic mass is 9.63. The Balaban J connectivity index is 1.44. The predicted molar refractivity (Wildman–Crippen MR) is 173 cm³/mol. The number of fused-ring (bicyclic) bond motifs is 4. The molecule has 1 saturated carbocycles.